The summed E-state index contributed by atoms with van der Waals surface area (Å²) < 4.78 is 10.5. The summed E-state index contributed by atoms with van der Waals surface area (Å²) >= 11 is 3.13. The van der Waals surface area contributed by atoms with Crippen LogP contribution in [0.1, 0.15) is 15.2 Å². The van der Waals surface area contributed by atoms with E-state index in [1.54, 1.807) is 36.0 Å². The van der Waals surface area contributed by atoms with Crippen LogP contribution in [0.3, 0.4) is 0 Å². The van der Waals surface area contributed by atoms with Crippen molar-refractivity contribution < 1.29 is 19.1 Å². The zero-order chi connectivity index (χ0) is 22.8. The highest BCUT2D eigenvalue weighted by atomic mass is 32.2. The minimum atomic E-state index is -0.414. The Morgan fingerprint density at radius 3 is 2.47 bits per heavy atom. The van der Waals surface area contributed by atoms with E-state index in [0.29, 0.717) is 29.4 Å². The molecule has 0 aliphatic heterocycles. The van der Waals surface area contributed by atoms with E-state index in [-0.39, 0.29) is 11.6 Å². The maximum absolute atomic E-state index is 12.8. The first-order valence-corrected chi connectivity index (χ1v) is 11.7. The second kappa shape index (κ2) is 12.0. The number of rotatable bonds is 10. The molecule has 2 amide bonds. The summed E-state index contributed by atoms with van der Waals surface area (Å²) in [6, 6.07) is 18.6. The minimum absolute atomic E-state index is 0.178. The fourth-order valence-corrected chi connectivity index (χ4v) is 4.24. The number of thioether (sulfide) groups is 1. The Morgan fingerprint density at radius 1 is 1.00 bits per heavy atom. The Hall–Kier alpha value is -3.23. The molecule has 2 N–H and O–H groups in total. The van der Waals surface area contributed by atoms with Gasteiger partial charge in [0, 0.05) is 27.6 Å². The number of methoxy groups -OCH3 is 2. The molecule has 1 aromatic heterocycles. The fraction of sp³-hybridized carbons (Fsp3) is 0.167. The largest absolute Gasteiger partial charge is 0.493 e. The Bertz CT molecular complexity index is 1070. The van der Waals surface area contributed by atoms with Gasteiger partial charge in [0.25, 0.3) is 11.8 Å². The molecular formula is C24H24N2O4S2. The molecule has 6 nitrogen and oxygen atoms in total. The molecule has 0 saturated carbocycles. The smallest absolute Gasteiger partial charge is 0.267 e. The van der Waals surface area contributed by atoms with Crippen LogP contribution in [0, 0.1) is 0 Å². The molecule has 2 aromatic carbocycles. The summed E-state index contributed by atoms with van der Waals surface area (Å²) in [5.74, 6) is 0.910. The monoisotopic (exact) mass is 468 g/mol. The van der Waals surface area contributed by atoms with Crippen LogP contribution in [0.2, 0.25) is 0 Å². The van der Waals surface area contributed by atoms with Crippen molar-refractivity contribution in [2.45, 2.75) is 4.90 Å². The predicted molar refractivity (Wildman–Crippen MR) is 129 cm³/mol. The molecule has 0 radical (unpaired) electrons. The molecule has 8 heteroatoms. The lowest BCUT2D eigenvalue weighted by atomic mass is 10.1. The van der Waals surface area contributed by atoms with Crippen molar-refractivity contribution in [2.24, 2.45) is 0 Å². The minimum Gasteiger partial charge on any atom is -0.493 e. The van der Waals surface area contributed by atoms with Crippen LogP contribution >= 0.6 is 23.1 Å². The summed E-state index contributed by atoms with van der Waals surface area (Å²) in [6.07, 6.45) is 1.67. The SMILES string of the molecule is COc1ccc(C(=O)N/C(=C\c2cccs2)C(=O)NCCSc2ccccc2)cc1OC. The lowest BCUT2D eigenvalue weighted by Crippen LogP contribution is -2.35. The average molecular weight is 469 g/mol. The van der Waals surface area contributed by atoms with Gasteiger partial charge in [-0.2, -0.15) is 0 Å². The second-order valence-corrected chi connectivity index (χ2v) is 8.66. The molecule has 166 valence electrons. The van der Waals surface area contributed by atoms with Crippen molar-refractivity contribution in [1.82, 2.24) is 10.6 Å². The summed E-state index contributed by atoms with van der Waals surface area (Å²) in [7, 11) is 3.03. The maximum Gasteiger partial charge on any atom is 0.267 e. The Morgan fingerprint density at radius 2 is 1.78 bits per heavy atom. The molecule has 3 rings (SSSR count). The van der Waals surface area contributed by atoms with Crippen LogP contribution < -0.4 is 20.1 Å². The third kappa shape index (κ3) is 6.63. The van der Waals surface area contributed by atoms with Crippen molar-refractivity contribution in [3.8, 4) is 11.5 Å². The molecule has 0 fully saturated rings. The number of carbonyl (C=O) groups excluding carboxylic acids is 2. The van der Waals surface area contributed by atoms with E-state index in [2.05, 4.69) is 10.6 Å². The molecule has 0 saturated heterocycles. The van der Waals surface area contributed by atoms with Crippen molar-refractivity contribution in [3.63, 3.8) is 0 Å². The Kier molecular flexibility index (Phi) is 8.77. The van der Waals surface area contributed by atoms with Crippen molar-refractivity contribution in [2.75, 3.05) is 26.5 Å². The normalized spacial score (nSPS) is 11.0. The van der Waals surface area contributed by atoms with E-state index < -0.39 is 5.91 Å². The number of hydrogen-bond donors (Lipinski definition) is 2. The highest BCUT2D eigenvalue weighted by molar-refractivity contribution is 7.99. The van der Waals surface area contributed by atoms with Crippen LogP contribution in [0.5, 0.6) is 11.5 Å². The van der Waals surface area contributed by atoms with Crippen LogP contribution in [0.4, 0.5) is 0 Å². The van der Waals surface area contributed by atoms with Crippen LogP contribution in [-0.2, 0) is 4.79 Å². The van der Waals surface area contributed by atoms with Crippen LogP contribution in [0.15, 0.2) is 76.6 Å². The van der Waals surface area contributed by atoms with Gasteiger partial charge in [-0.25, -0.2) is 0 Å². The first-order chi connectivity index (χ1) is 15.6. The van der Waals surface area contributed by atoms with Crippen LogP contribution in [0.25, 0.3) is 6.08 Å². The summed E-state index contributed by atoms with van der Waals surface area (Å²) in [6.45, 7) is 0.465. The molecule has 0 unspecified atom stereocenters. The molecule has 0 atom stereocenters. The van der Waals surface area contributed by atoms with Gasteiger partial charge in [0.05, 0.1) is 14.2 Å². The van der Waals surface area contributed by atoms with Gasteiger partial charge in [0.2, 0.25) is 0 Å². The summed E-state index contributed by atoms with van der Waals surface area (Å²) in [4.78, 5) is 27.7. The Labute approximate surface area is 195 Å². The second-order valence-electron chi connectivity index (χ2n) is 6.51. The zero-order valence-electron chi connectivity index (χ0n) is 17.8. The molecule has 1 heterocycles. The van der Waals surface area contributed by atoms with Gasteiger partial charge >= 0.3 is 0 Å². The lowest BCUT2D eigenvalue weighted by Gasteiger charge is -2.12. The topological polar surface area (TPSA) is 76.7 Å². The fourth-order valence-electron chi connectivity index (χ4n) is 2.79. The van der Waals surface area contributed by atoms with E-state index in [1.807, 2.05) is 47.8 Å². The van der Waals surface area contributed by atoms with Crippen molar-refractivity contribution in [3.05, 3.63) is 82.2 Å². The molecule has 32 heavy (non-hydrogen) atoms. The highest BCUT2D eigenvalue weighted by Crippen LogP contribution is 2.27. The zero-order valence-corrected chi connectivity index (χ0v) is 19.4. The summed E-state index contributed by atoms with van der Waals surface area (Å²) in [5, 5.41) is 7.52. The average Bonchev–Trinajstić information content (AvgIpc) is 3.34. The maximum atomic E-state index is 12.8. The van der Waals surface area contributed by atoms with Crippen molar-refractivity contribution >= 4 is 41.0 Å². The summed E-state index contributed by atoms with van der Waals surface area (Å²) in [5.41, 5.74) is 0.532. The van der Waals surface area contributed by atoms with Gasteiger partial charge in [0.15, 0.2) is 11.5 Å². The molecule has 0 aliphatic rings. The molecule has 3 aromatic rings. The molecule has 0 bridgehead atoms. The van der Waals surface area contributed by atoms with Gasteiger partial charge in [-0.05, 0) is 47.9 Å². The molecular weight excluding hydrogens is 444 g/mol. The molecule has 0 aliphatic carbocycles. The van der Waals surface area contributed by atoms with E-state index in [9.17, 15) is 9.59 Å². The van der Waals surface area contributed by atoms with Crippen LogP contribution in [-0.4, -0.2) is 38.3 Å². The first kappa shape index (κ1) is 23.4. The standard InChI is InChI=1S/C24H24N2O4S2/c1-29-21-11-10-17(15-22(21)30-2)23(27)26-20(16-19-9-6-13-31-19)24(28)25-12-14-32-18-7-4-3-5-8-18/h3-11,13,15-16H,12,14H2,1-2H3,(H,25,28)(H,26,27)/b20-16-. The molecule has 0 spiro atoms. The number of benzene rings is 2. The van der Waals surface area contributed by atoms with Gasteiger partial charge < -0.3 is 20.1 Å². The number of carbonyl (C=O) groups is 2. The highest BCUT2D eigenvalue weighted by Gasteiger charge is 2.16. The van der Waals surface area contributed by atoms with Crippen molar-refractivity contribution in [1.29, 1.82) is 0 Å². The number of nitrogens with one attached hydrogen (secondary N) is 2. The first-order valence-electron chi connectivity index (χ1n) is 9.85. The van der Waals surface area contributed by atoms with E-state index >= 15 is 0 Å². The van der Waals surface area contributed by atoms with Gasteiger partial charge in [-0.3, -0.25) is 9.59 Å². The third-order valence-electron chi connectivity index (χ3n) is 4.37. The third-order valence-corrected chi connectivity index (χ3v) is 6.20. The number of ether oxygens (including phenoxy) is 2. The lowest BCUT2D eigenvalue weighted by molar-refractivity contribution is -0.117. The van der Waals surface area contributed by atoms with E-state index in [0.717, 1.165) is 9.77 Å². The van der Waals surface area contributed by atoms with E-state index in [1.165, 1.54) is 25.6 Å². The van der Waals surface area contributed by atoms with Gasteiger partial charge in [0.1, 0.15) is 5.70 Å². The van der Waals surface area contributed by atoms with E-state index in [4.69, 9.17) is 9.47 Å². The Balaban J connectivity index is 1.67. The number of hydrogen-bond acceptors (Lipinski definition) is 6. The predicted octanol–water partition coefficient (Wildman–Crippen LogP) is 4.44. The quantitative estimate of drug-likeness (QED) is 0.261. The van der Waals surface area contributed by atoms with Gasteiger partial charge in [-0.1, -0.05) is 24.3 Å². The number of thiophene rings is 1. The van der Waals surface area contributed by atoms with Gasteiger partial charge in [-0.15, -0.1) is 23.1 Å². The number of amides is 2.